The molecule has 0 bridgehead atoms. The summed E-state index contributed by atoms with van der Waals surface area (Å²) in [6.45, 7) is -0.937. The van der Waals surface area contributed by atoms with E-state index < -0.39 is 42.8 Å². The molecular formula is C13H15F2NO6. The highest BCUT2D eigenvalue weighted by atomic mass is 19.3. The van der Waals surface area contributed by atoms with Crippen LogP contribution >= 0.6 is 0 Å². The average Bonchev–Trinajstić information content (AvgIpc) is 2.48. The van der Waals surface area contributed by atoms with E-state index in [0.717, 1.165) is 0 Å². The summed E-state index contributed by atoms with van der Waals surface area (Å²) in [6, 6.07) is 4.78. The lowest BCUT2D eigenvalue weighted by Crippen LogP contribution is -2.66. The van der Waals surface area contributed by atoms with E-state index in [0.29, 0.717) is 0 Å². The summed E-state index contributed by atoms with van der Waals surface area (Å²) in [5, 5.41) is 40.5. The lowest BCUT2D eigenvalue weighted by Gasteiger charge is -2.44. The highest BCUT2D eigenvalue weighted by Gasteiger charge is 2.62. The molecule has 0 saturated heterocycles. The van der Waals surface area contributed by atoms with Gasteiger partial charge in [0.2, 0.25) is 0 Å². The number of nitroso groups, excluding NO2 is 1. The molecule has 122 valence electrons. The molecule has 1 aliphatic carbocycles. The highest BCUT2D eigenvalue weighted by molar-refractivity contribution is 5.30. The van der Waals surface area contributed by atoms with E-state index in [-0.39, 0.29) is 11.5 Å². The van der Waals surface area contributed by atoms with Crippen LogP contribution in [-0.4, -0.2) is 57.3 Å². The first-order valence-corrected chi connectivity index (χ1v) is 6.46. The van der Waals surface area contributed by atoms with Crippen molar-refractivity contribution < 1.29 is 33.9 Å². The number of aliphatic hydroxyl groups excluding tert-OH is 3. The van der Waals surface area contributed by atoms with Crippen molar-refractivity contribution in [2.24, 2.45) is 11.1 Å². The van der Waals surface area contributed by atoms with Gasteiger partial charge in [0.1, 0.15) is 23.7 Å². The van der Waals surface area contributed by atoms with Crippen LogP contribution in [0.25, 0.3) is 0 Å². The molecule has 0 amide bonds. The quantitative estimate of drug-likeness (QED) is 0.591. The predicted molar refractivity (Wildman–Crippen MR) is 69.6 cm³/mol. The Morgan fingerprint density at radius 2 is 1.68 bits per heavy atom. The molecule has 5 atom stereocenters. The summed E-state index contributed by atoms with van der Waals surface area (Å²) in [7, 11) is 0. The number of nitrogens with zero attached hydrogens (tertiary/aromatic N) is 1. The second-order valence-corrected chi connectivity index (χ2v) is 5.10. The van der Waals surface area contributed by atoms with Crippen LogP contribution in [0.2, 0.25) is 0 Å². The molecule has 0 heterocycles. The van der Waals surface area contributed by atoms with Crippen molar-refractivity contribution in [2.75, 3.05) is 6.54 Å². The summed E-state index contributed by atoms with van der Waals surface area (Å²) in [5.41, 5.74) is 0. The molecule has 22 heavy (non-hydrogen) atoms. The average molecular weight is 319 g/mol. The van der Waals surface area contributed by atoms with Gasteiger partial charge in [-0.25, -0.2) is 8.78 Å². The van der Waals surface area contributed by atoms with Gasteiger partial charge < -0.3 is 25.2 Å². The molecule has 0 spiro atoms. The van der Waals surface area contributed by atoms with Crippen LogP contribution in [0.5, 0.6) is 11.5 Å². The fraction of sp³-hybridized carbons (Fsp3) is 0.538. The molecule has 0 unspecified atom stereocenters. The first-order valence-electron chi connectivity index (χ1n) is 6.46. The summed E-state index contributed by atoms with van der Waals surface area (Å²) < 4.78 is 33.7. The molecule has 1 aromatic rings. The zero-order valence-corrected chi connectivity index (χ0v) is 11.2. The second kappa shape index (κ2) is 6.11. The van der Waals surface area contributed by atoms with E-state index in [9.17, 15) is 29.0 Å². The zero-order chi connectivity index (χ0) is 16.5. The summed E-state index contributed by atoms with van der Waals surface area (Å²) in [4.78, 5) is 10.3. The van der Waals surface area contributed by atoms with Crippen LogP contribution in [0.3, 0.4) is 0 Å². The number of hydrogen-bond donors (Lipinski definition) is 4. The Morgan fingerprint density at radius 1 is 1.09 bits per heavy atom. The van der Waals surface area contributed by atoms with Crippen LogP contribution in [0, 0.1) is 10.8 Å². The minimum atomic E-state index is -3.80. The van der Waals surface area contributed by atoms with Crippen molar-refractivity contribution in [1.82, 2.24) is 0 Å². The van der Waals surface area contributed by atoms with E-state index in [1.165, 1.54) is 24.3 Å². The molecule has 1 saturated carbocycles. The Balaban J connectivity index is 2.30. The Morgan fingerprint density at radius 3 is 2.23 bits per heavy atom. The summed E-state index contributed by atoms with van der Waals surface area (Å²) in [6.07, 6.45) is -8.17. The van der Waals surface area contributed by atoms with Gasteiger partial charge in [0.05, 0.1) is 18.6 Å². The molecule has 0 aromatic heterocycles. The number of phenolic OH excluding ortho intramolecular Hbond substituents is 1. The van der Waals surface area contributed by atoms with Crippen LogP contribution in [0.1, 0.15) is 0 Å². The monoisotopic (exact) mass is 319 g/mol. The third-order valence-electron chi connectivity index (χ3n) is 3.67. The number of alkyl halides is 2. The molecular weight excluding hydrogens is 304 g/mol. The van der Waals surface area contributed by atoms with E-state index in [1.54, 1.807) is 0 Å². The van der Waals surface area contributed by atoms with Crippen LogP contribution in [0.4, 0.5) is 8.78 Å². The van der Waals surface area contributed by atoms with Crippen molar-refractivity contribution in [3.8, 4) is 11.5 Å². The molecule has 1 aliphatic rings. The molecule has 1 fully saturated rings. The third kappa shape index (κ3) is 2.87. The molecule has 4 N–H and O–H groups in total. The van der Waals surface area contributed by atoms with Gasteiger partial charge in [0.15, 0.2) is 6.10 Å². The van der Waals surface area contributed by atoms with Crippen molar-refractivity contribution in [2.45, 2.75) is 30.3 Å². The van der Waals surface area contributed by atoms with Gasteiger partial charge in [0, 0.05) is 0 Å². The SMILES string of the molecule is O=NC[C@@H]1[C@@H](O)[C@H](O)[C@@H](O)[C@H](Oc2ccc(O)cc2)C1(F)F. The molecule has 0 radical (unpaired) electrons. The molecule has 9 heteroatoms. The Kier molecular flexibility index (Phi) is 4.59. The number of phenols is 1. The maximum atomic E-state index is 14.4. The number of halogens is 2. The van der Waals surface area contributed by atoms with Gasteiger partial charge in [0.25, 0.3) is 5.92 Å². The number of aromatic hydroxyl groups is 1. The van der Waals surface area contributed by atoms with Crippen molar-refractivity contribution in [3.05, 3.63) is 29.2 Å². The minimum Gasteiger partial charge on any atom is -0.508 e. The molecule has 1 aromatic carbocycles. The summed E-state index contributed by atoms with van der Waals surface area (Å²) in [5.74, 6) is -5.97. The minimum absolute atomic E-state index is 0.0806. The van der Waals surface area contributed by atoms with Gasteiger partial charge in [-0.1, -0.05) is 5.18 Å². The van der Waals surface area contributed by atoms with Gasteiger partial charge >= 0.3 is 0 Å². The predicted octanol–water partition coefficient (Wildman–Crippen LogP) is 0.254. The number of benzene rings is 1. The van der Waals surface area contributed by atoms with E-state index in [4.69, 9.17) is 9.84 Å². The second-order valence-electron chi connectivity index (χ2n) is 5.10. The van der Waals surface area contributed by atoms with Crippen LogP contribution in [0.15, 0.2) is 29.4 Å². The fourth-order valence-electron chi connectivity index (χ4n) is 2.42. The molecule has 7 nitrogen and oxygen atoms in total. The number of hydrogen-bond acceptors (Lipinski definition) is 7. The van der Waals surface area contributed by atoms with E-state index in [2.05, 4.69) is 5.18 Å². The first-order chi connectivity index (χ1) is 10.3. The van der Waals surface area contributed by atoms with Crippen molar-refractivity contribution >= 4 is 0 Å². The van der Waals surface area contributed by atoms with Gasteiger partial charge in [-0.3, -0.25) is 0 Å². The normalized spacial score (nSPS) is 34.1. The lowest BCUT2D eigenvalue weighted by atomic mass is 9.77. The van der Waals surface area contributed by atoms with Crippen LogP contribution < -0.4 is 4.74 Å². The number of ether oxygens (including phenoxy) is 1. The molecule has 2 rings (SSSR count). The van der Waals surface area contributed by atoms with E-state index in [1.807, 2.05) is 0 Å². The largest absolute Gasteiger partial charge is 0.508 e. The Labute approximate surface area is 123 Å². The van der Waals surface area contributed by atoms with Crippen molar-refractivity contribution in [3.63, 3.8) is 0 Å². The fourth-order valence-corrected chi connectivity index (χ4v) is 2.42. The number of rotatable bonds is 4. The summed E-state index contributed by atoms with van der Waals surface area (Å²) >= 11 is 0. The first kappa shape index (κ1) is 16.5. The Hall–Kier alpha value is -1.84. The zero-order valence-electron chi connectivity index (χ0n) is 11.2. The third-order valence-corrected chi connectivity index (χ3v) is 3.67. The maximum Gasteiger partial charge on any atom is 0.294 e. The standard InChI is InChI=1S/C13H15F2NO6/c14-13(15)8(5-16-21)9(18)10(19)11(20)12(13)22-7-3-1-6(17)2-4-7/h1-4,8-12,17-20H,5H2/t8-,9-,10+,11-,12+/m1/s1. The molecule has 0 aliphatic heterocycles. The van der Waals surface area contributed by atoms with E-state index >= 15 is 0 Å². The highest BCUT2D eigenvalue weighted by Crippen LogP contribution is 2.41. The smallest absolute Gasteiger partial charge is 0.294 e. The maximum absolute atomic E-state index is 14.4. The van der Waals surface area contributed by atoms with Crippen LogP contribution in [-0.2, 0) is 0 Å². The lowest BCUT2D eigenvalue weighted by molar-refractivity contribution is -0.258. The number of aliphatic hydroxyl groups is 3. The van der Waals surface area contributed by atoms with Gasteiger partial charge in [-0.05, 0) is 24.3 Å². The Bertz CT molecular complexity index is 526. The van der Waals surface area contributed by atoms with Gasteiger partial charge in [-0.2, -0.15) is 4.91 Å². The topological polar surface area (TPSA) is 120 Å². The van der Waals surface area contributed by atoms with Crippen molar-refractivity contribution in [1.29, 1.82) is 0 Å². The van der Waals surface area contributed by atoms with Gasteiger partial charge in [-0.15, -0.1) is 0 Å².